The Morgan fingerprint density at radius 1 is 1.12 bits per heavy atom. The highest BCUT2D eigenvalue weighted by Gasteiger charge is 2.09. The summed E-state index contributed by atoms with van der Waals surface area (Å²) in [5.74, 6) is 1.73. The molecule has 6 nitrogen and oxygen atoms in total. The van der Waals surface area contributed by atoms with Crippen LogP contribution in [0.15, 0.2) is 29.3 Å². The lowest BCUT2D eigenvalue weighted by atomic mass is 10.2. The molecular formula is C19H32N4O2. The van der Waals surface area contributed by atoms with Gasteiger partial charge < -0.3 is 20.1 Å². The average molecular weight is 348 g/mol. The highest BCUT2D eigenvalue weighted by Crippen LogP contribution is 2.10. The van der Waals surface area contributed by atoms with Crippen LogP contribution in [0.3, 0.4) is 0 Å². The number of hydrogen-bond acceptors (Lipinski definition) is 4. The van der Waals surface area contributed by atoms with Gasteiger partial charge in [0, 0.05) is 26.7 Å². The molecular weight excluding hydrogens is 316 g/mol. The number of nitrogens with one attached hydrogen (secondary N) is 2. The quantitative estimate of drug-likeness (QED) is 0.404. The molecule has 2 N–H and O–H groups in total. The normalized spacial score (nSPS) is 15.8. The van der Waals surface area contributed by atoms with Crippen molar-refractivity contribution >= 4 is 5.96 Å². The van der Waals surface area contributed by atoms with Gasteiger partial charge in [-0.25, -0.2) is 0 Å². The molecule has 140 valence electrons. The Morgan fingerprint density at radius 2 is 1.84 bits per heavy atom. The van der Waals surface area contributed by atoms with Crippen LogP contribution in [0.1, 0.15) is 18.4 Å². The Morgan fingerprint density at radius 3 is 2.56 bits per heavy atom. The second-order valence-electron chi connectivity index (χ2n) is 6.25. The third kappa shape index (κ3) is 8.23. The summed E-state index contributed by atoms with van der Waals surface area (Å²) in [5.41, 5.74) is 1.24. The number of rotatable bonds is 9. The van der Waals surface area contributed by atoms with Gasteiger partial charge in [-0.15, -0.1) is 0 Å². The lowest BCUT2D eigenvalue weighted by Gasteiger charge is -2.26. The van der Waals surface area contributed by atoms with Gasteiger partial charge in [0.25, 0.3) is 0 Å². The summed E-state index contributed by atoms with van der Waals surface area (Å²) in [6, 6.07) is 8.11. The fourth-order valence-electron chi connectivity index (χ4n) is 2.69. The minimum Gasteiger partial charge on any atom is -0.492 e. The first-order valence-electron chi connectivity index (χ1n) is 9.22. The molecule has 0 bridgehead atoms. The molecule has 2 rings (SSSR count). The van der Waals surface area contributed by atoms with E-state index in [1.807, 2.05) is 12.1 Å². The van der Waals surface area contributed by atoms with Crippen molar-refractivity contribution in [3.8, 4) is 5.75 Å². The van der Waals surface area contributed by atoms with Crippen molar-refractivity contribution in [2.24, 2.45) is 4.99 Å². The second kappa shape index (κ2) is 11.7. The summed E-state index contributed by atoms with van der Waals surface area (Å²) in [6.45, 7) is 9.38. The fourth-order valence-corrected chi connectivity index (χ4v) is 2.69. The molecule has 1 saturated heterocycles. The number of hydrogen-bond donors (Lipinski definition) is 2. The number of morpholine rings is 1. The first-order valence-corrected chi connectivity index (χ1v) is 9.22. The minimum atomic E-state index is 0.612. The molecule has 0 unspecified atom stereocenters. The molecule has 25 heavy (non-hydrogen) atoms. The lowest BCUT2D eigenvalue weighted by Crippen LogP contribution is -2.40. The summed E-state index contributed by atoms with van der Waals surface area (Å²) in [6.07, 6.45) is 2.33. The summed E-state index contributed by atoms with van der Waals surface area (Å²) in [7, 11) is 1.80. The number of unbranched alkanes of at least 4 members (excludes halogenated alkanes) is 1. The zero-order chi connectivity index (χ0) is 17.7. The van der Waals surface area contributed by atoms with Crippen LogP contribution in [0.25, 0.3) is 0 Å². The highest BCUT2D eigenvalue weighted by atomic mass is 16.5. The molecule has 1 heterocycles. The number of guanidine groups is 1. The average Bonchev–Trinajstić information content (AvgIpc) is 2.65. The number of nitrogens with zero attached hydrogens (tertiary/aromatic N) is 2. The van der Waals surface area contributed by atoms with Crippen LogP contribution in [-0.2, 0) is 4.74 Å². The van der Waals surface area contributed by atoms with Crippen LogP contribution in [0, 0.1) is 6.92 Å². The molecule has 1 aromatic rings. The van der Waals surface area contributed by atoms with Gasteiger partial charge >= 0.3 is 0 Å². The van der Waals surface area contributed by atoms with E-state index < -0.39 is 0 Å². The van der Waals surface area contributed by atoms with E-state index in [9.17, 15) is 0 Å². The topological polar surface area (TPSA) is 58.1 Å². The monoisotopic (exact) mass is 348 g/mol. The largest absolute Gasteiger partial charge is 0.492 e. The Hall–Kier alpha value is -1.79. The fraction of sp³-hybridized carbons (Fsp3) is 0.632. The summed E-state index contributed by atoms with van der Waals surface area (Å²) < 4.78 is 11.1. The van der Waals surface area contributed by atoms with Crippen LogP contribution >= 0.6 is 0 Å². The van der Waals surface area contributed by atoms with Gasteiger partial charge in [0.2, 0.25) is 0 Å². The van der Waals surface area contributed by atoms with Crippen molar-refractivity contribution in [3.05, 3.63) is 29.8 Å². The maximum Gasteiger partial charge on any atom is 0.191 e. The van der Waals surface area contributed by atoms with Crippen molar-refractivity contribution in [1.82, 2.24) is 15.5 Å². The Kier molecular flexibility index (Phi) is 9.15. The Bertz CT molecular complexity index is 499. The molecule has 1 aromatic carbocycles. The predicted molar refractivity (Wildman–Crippen MR) is 103 cm³/mol. The van der Waals surface area contributed by atoms with E-state index in [2.05, 4.69) is 39.6 Å². The number of aryl methyl sites for hydroxylation is 1. The van der Waals surface area contributed by atoms with Crippen LogP contribution in [0.5, 0.6) is 5.75 Å². The van der Waals surface area contributed by atoms with E-state index in [0.717, 1.165) is 64.1 Å². The molecule has 0 aliphatic carbocycles. The SMILES string of the molecule is CN=C(NCCCCN1CCOCC1)NCCOc1ccc(C)cc1. The van der Waals surface area contributed by atoms with E-state index in [0.29, 0.717) is 6.61 Å². The standard InChI is InChI=1S/C19H32N4O2/c1-17-5-7-18(8-6-17)25-14-10-22-19(20-2)21-9-3-4-11-23-12-15-24-16-13-23/h5-8H,3-4,9-16H2,1-2H3,(H2,20,21,22). The van der Waals surface area contributed by atoms with Gasteiger partial charge in [-0.1, -0.05) is 17.7 Å². The van der Waals surface area contributed by atoms with Crippen molar-refractivity contribution in [2.75, 3.05) is 59.6 Å². The van der Waals surface area contributed by atoms with Crippen molar-refractivity contribution in [2.45, 2.75) is 19.8 Å². The van der Waals surface area contributed by atoms with Crippen LogP contribution in [-0.4, -0.2) is 70.5 Å². The highest BCUT2D eigenvalue weighted by molar-refractivity contribution is 5.79. The number of ether oxygens (including phenoxy) is 2. The molecule has 1 fully saturated rings. The third-order valence-electron chi connectivity index (χ3n) is 4.21. The molecule has 1 aliphatic rings. The molecule has 1 aliphatic heterocycles. The Labute approximate surface area is 151 Å². The smallest absolute Gasteiger partial charge is 0.191 e. The molecule has 0 saturated carbocycles. The van der Waals surface area contributed by atoms with Crippen molar-refractivity contribution < 1.29 is 9.47 Å². The van der Waals surface area contributed by atoms with Gasteiger partial charge in [-0.3, -0.25) is 9.89 Å². The molecule has 0 spiro atoms. The van der Waals surface area contributed by atoms with E-state index in [1.165, 1.54) is 12.0 Å². The first kappa shape index (κ1) is 19.5. The van der Waals surface area contributed by atoms with Crippen LogP contribution < -0.4 is 15.4 Å². The minimum absolute atomic E-state index is 0.612. The molecule has 0 atom stereocenters. The predicted octanol–water partition coefficient (Wildman–Crippen LogP) is 1.65. The van der Waals surface area contributed by atoms with Gasteiger partial charge in [-0.05, 0) is 38.4 Å². The first-order chi connectivity index (χ1) is 12.3. The zero-order valence-corrected chi connectivity index (χ0v) is 15.6. The lowest BCUT2D eigenvalue weighted by molar-refractivity contribution is 0.0372. The van der Waals surface area contributed by atoms with Gasteiger partial charge in [0.05, 0.1) is 19.8 Å². The summed E-state index contributed by atoms with van der Waals surface area (Å²) in [5, 5.41) is 6.63. The maximum atomic E-state index is 5.71. The van der Waals surface area contributed by atoms with Gasteiger partial charge in [-0.2, -0.15) is 0 Å². The zero-order valence-electron chi connectivity index (χ0n) is 15.6. The summed E-state index contributed by atoms with van der Waals surface area (Å²) in [4.78, 5) is 6.71. The Balaban J connectivity index is 1.49. The van der Waals surface area contributed by atoms with Gasteiger partial charge in [0.1, 0.15) is 12.4 Å². The van der Waals surface area contributed by atoms with E-state index >= 15 is 0 Å². The van der Waals surface area contributed by atoms with Crippen molar-refractivity contribution in [3.63, 3.8) is 0 Å². The van der Waals surface area contributed by atoms with Gasteiger partial charge in [0.15, 0.2) is 5.96 Å². The molecule has 0 radical (unpaired) electrons. The second-order valence-corrected chi connectivity index (χ2v) is 6.25. The van der Waals surface area contributed by atoms with Crippen LogP contribution in [0.2, 0.25) is 0 Å². The molecule has 0 aromatic heterocycles. The van der Waals surface area contributed by atoms with E-state index in [-0.39, 0.29) is 0 Å². The van der Waals surface area contributed by atoms with E-state index in [1.54, 1.807) is 7.05 Å². The maximum absolute atomic E-state index is 5.71. The molecule has 6 heteroatoms. The third-order valence-corrected chi connectivity index (χ3v) is 4.21. The van der Waals surface area contributed by atoms with Crippen molar-refractivity contribution in [1.29, 1.82) is 0 Å². The summed E-state index contributed by atoms with van der Waals surface area (Å²) >= 11 is 0. The number of aliphatic imine (C=N–C) groups is 1. The van der Waals surface area contributed by atoms with Crippen LogP contribution in [0.4, 0.5) is 0 Å². The van der Waals surface area contributed by atoms with E-state index in [4.69, 9.17) is 9.47 Å². The molecule has 0 amide bonds. The number of benzene rings is 1.